The SMILES string of the molecule is CC(Nc1cnn(CC(N)=O)c1)c1ccc(F)c(Br)c1. The molecule has 0 spiro atoms. The minimum absolute atomic E-state index is 0.0295. The lowest BCUT2D eigenvalue weighted by molar-refractivity contribution is -0.118. The Hall–Kier alpha value is -1.89. The zero-order valence-electron chi connectivity index (χ0n) is 10.8. The summed E-state index contributed by atoms with van der Waals surface area (Å²) in [6.07, 6.45) is 3.30. The Morgan fingerprint density at radius 1 is 1.60 bits per heavy atom. The lowest BCUT2D eigenvalue weighted by atomic mass is 10.1. The number of primary amides is 1. The molecule has 1 unspecified atom stereocenters. The molecule has 1 atom stereocenters. The Morgan fingerprint density at radius 2 is 2.35 bits per heavy atom. The number of benzene rings is 1. The zero-order chi connectivity index (χ0) is 14.7. The maximum absolute atomic E-state index is 13.2. The van der Waals surface area contributed by atoms with Crippen molar-refractivity contribution in [2.24, 2.45) is 5.73 Å². The van der Waals surface area contributed by atoms with E-state index in [4.69, 9.17) is 5.73 Å². The van der Waals surface area contributed by atoms with E-state index in [0.717, 1.165) is 11.3 Å². The van der Waals surface area contributed by atoms with Crippen LogP contribution in [0.3, 0.4) is 0 Å². The molecular formula is C13H14BrFN4O. The number of anilines is 1. The molecule has 1 heterocycles. The van der Waals surface area contributed by atoms with Gasteiger partial charge in [0.05, 0.1) is 16.4 Å². The lowest BCUT2D eigenvalue weighted by Gasteiger charge is -2.14. The van der Waals surface area contributed by atoms with Gasteiger partial charge in [0.25, 0.3) is 0 Å². The third-order valence-corrected chi connectivity index (χ3v) is 3.39. The summed E-state index contributed by atoms with van der Waals surface area (Å²) < 4.78 is 15.1. The number of carbonyl (C=O) groups is 1. The number of aromatic nitrogens is 2. The Labute approximate surface area is 124 Å². The summed E-state index contributed by atoms with van der Waals surface area (Å²) in [5, 5.41) is 7.24. The fourth-order valence-electron chi connectivity index (χ4n) is 1.80. The molecule has 0 aliphatic heterocycles. The van der Waals surface area contributed by atoms with E-state index in [1.165, 1.54) is 10.7 Å². The van der Waals surface area contributed by atoms with Crippen molar-refractivity contribution in [2.45, 2.75) is 19.5 Å². The average molecular weight is 341 g/mol. The fraction of sp³-hybridized carbons (Fsp3) is 0.231. The smallest absolute Gasteiger partial charge is 0.239 e. The van der Waals surface area contributed by atoms with Crippen LogP contribution in [0.2, 0.25) is 0 Å². The van der Waals surface area contributed by atoms with Crippen LogP contribution in [0.4, 0.5) is 10.1 Å². The van der Waals surface area contributed by atoms with Crippen LogP contribution in [0.5, 0.6) is 0 Å². The zero-order valence-corrected chi connectivity index (χ0v) is 12.4. The first-order valence-electron chi connectivity index (χ1n) is 5.98. The first-order chi connectivity index (χ1) is 9.45. The second-order valence-electron chi connectivity index (χ2n) is 4.43. The van der Waals surface area contributed by atoms with Crippen molar-refractivity contribution in [1.82, 2.24) is 9.78 Å². The largest absolute Gasteiger partial charge is 0.376 e. The van der Waals surface area contributed by atoms with E-state index in [2.05, 4.69) is 26.3 Å². The van der Waals surface area contributed by atoms with Crippen molar-refractivity contribution in [2.75, 3.05) is 5.32 Å². The van der Waals surface area contributed by atoms with Crippen molar-refractivity contribution in [1.29, 1.82) is 0 Å². The molecule has 7 heteroatoms. The molecule has 5 nitrogen and oxygen atoms in total. The summed E-state index contributed by atoms with van der Waals surface area (Å²) in [5.41, 5.74) is 6.79. The number of hydrogen-bond donors (Lipinski definition) is 2. The molecule has 0 saturated carbocycles. The molecule has 2 rings (SSSR count). The quantitative estimate of drug-likeness (QED) is 0.877. The fourth-order valence-corrected chi connectivity index (χ4v) is 2.20. The highest BCUT2D eigenvalue weighted by molar-refractivity contribution is 9.10. The van der Waals surface area contributed by atoms with Gasteiger partial charge >= 0.3 is 0 Å². The van der Waals surface area contributed by atoms with Crippen LogP contribution in [-0.2, 0) is 11.3 Å². The molecule has 0 fully saturated rings. The summed E-state index contributed by atoms with van der Waals surface area (Å²) in [6.45, 7) is 1.99. The highest BCUT2D eigenvalue weighted by Crippen LogP contribution is 2.23. The molecular weight excluding hydrogens is 327 g/mol. The Morgan fingerprint density at radius 3 is 3.00 bits per heavy atom. The van der Waals surface area contributed by atoms with E-state index in [1.54, 1.807) is 24.5 Å². The number of rotatable bonds is 5. The van der Waals surface area contributed by atoms with E-state index < -0.39 is 5.91 Å². The van der Waals surface area contributed by atoms with Crippen molar-refractivity contribution in [3.63, 3.8) is 0 Å². The van der Waals surface area contributed by atoms with E-state index >= 15 is 0 Å². The van der Waals surface area contributed by atoms with Gasteiger partial charge in [-0.05, 0) is 40.5 Å². The summed E-state index contributed by atoms with van der Waals surface area (Å²) >= 11 is 3.16. The first-order valence-corrected chi connectivity index (χ1v) is 6.77. The molecule has 2 aromatic rings. The highest BCUT2D eigenvalue weighted by atomic mass is 79.9. The van der Waals surface area contributed by atoms with Crippen molar-refractivity contribution in [3.8, 4) is 0 Å². The van der Waals surface area contributed by atoms with E-state index in [0.29, 0.717) is 4.47 Å². The lowest BCUT2D eigenvalue weighted by Crippen LogP contribution is -2.18. The summed E-state index contributed by atoms with van der Waals surface area (Å²) in [6, 6.07) is 4.82. The van der Waals surface area contributed by atoms with E-state index in [9.17, 15) is 9.18 Å². The molecule has 106 valence electrons. The minimum Gasteiger partial charge on any atom is -0.376 e. The van der Waals surface area contributed by atoms with Gasteiger partial charge in [0.2, 0.25) is 5.91 Å². The van der Waals surface area contributed by atoms with Gasteiger partial charge in [-0.2, -0.15) is 5.10 Å². The van der Waals surface area contributed by atoms with Gasteiger partial charge in [-0.15, -0.1) is 0 Å². The maximum atomic E-state index is 13.2. The van der Waals surface area contributed by atoms with Crippen LogP contribution in [0.25, 0.3) is 0 Å². The molecule has 0 aliphatic rings. The van der Waals surface area contributed by atoms with Gasteiger partial charge in [-0.1, -0.05) is 6.07 Å². The first kappa shape index (κ1) is 14.5. The monoisotopic (exact) mass is 340 g/mol. The van der Waals surface area contributed by atoms with Crippen LogP contribution >= 0.6 is 15.9 Å². The number of amides is 1. The Bertz CT molecular complexity index is 629. The van der Waals surface area contributed by atoms with Crippen molar-refractivity contribution < 1.29 is 9.18 Å². The van der Waals surface area contributed by atoms with Crippen molar-refractivity contribution in [3.05, 3.63) is 46.4 Å². The molecule has 0 bridgehead atoms. The molecule has 0 aliphatic carbocycles. The van der Waals surface area contributed by atoms with Gasteiger partial charge < -0.3 is 11.1 Å². The summed E-state index contributed by atoms with van der Waals surface area (Å²) in [7, 11) is 0. The Kier molecular flexibility index (Phi) is 4.39. The number of halogens is 2. The number of carbonyl (C=O) groups excluding carboxylic acids is 1. The number of nitrogens with two attached hydrogens (primary N) is 1. The van der Waals surface area contributed by atoms with E-state index in [1.807, 2.05) is 6.92 Å². The van der Waals surface area contributed by atoms with Crippen LogP contribution in [0.1, 0.15) is 18.5 Å². The number of hydrogen-bond acceptors (Lipinski definition) is 3. The van der Waals surface area contributed by atoms with Gasteiger partial charge in [0.15, 0.2) is 0 Å². The van der Waals surface area contributed by atoms with Crippen LogP contribution < -0.4 is 11.1 Å². The molecule has 0 radical (unpaired) electrons. The normalized spacial score (nSPS) is 12.2. The molecule has 1 aromatic carbocycles. The van der Waals surface area contributed by atoms with Gasteiger partial charge in [0, 0.05) is 12.2 Å². The van der Waals surface area contributed by atoms with E-state index in [-0.39, 0.29) is 18.4 Å². The highest BCUT2D eigenvalue weighted by Gasteiger charge is 2.09. The van der Waals surface area contributed by atoms with Crippen LogP contribution in [-0.4, -0.2) is 15.7 Å². The second kappa shape index (κ2) is 6.04. The Balaban J connectivity index is 2.06. The second-order valence-corrected chi connectivity index (χ2v) is 5.29. The predicted molar refractivity (Wildman–Crippen MR) is 77.6 cm³/mol. The van der Waals surface area contributed by atoms with Crippen LogP contribution in [0.15, 0.2) is 35.1 Å². The number of nitrogens with one attached hydrogen (secondary N) is 1. The molecule has 3 N–H and O–H groups in total. The minimum atomic E-state index is -0.449. The summed E-state index contributed by atoms with van der Waals surface area (Å²) in [5.74, 6) is -0.745. The van der Waals surface area contributed by atoms with Crippen LogP contribution in [0, 0.1) is 5.82 Å². The summed E-state index contributed by atoms with van der Waals surface area (Å²) in [4.78, 5) is 10.8. The third-order valence-electron chi connectivity index (χ3n) is 2.78. The van der Waals surface area contributed by atoms with Gasteiger partial charge in [-0.25, -0.2) is 4.39 Å². The van der Waals surface area contributed by atoms with Gasteiger partial charge in [-0.3, -0.25) is 9.48 Å². The van der Waals surface area contributed by atoms with Gasteiger partial charge in [0.1, 0.15) is 12.4 Å². The van der Waals surface area contributed by atoms with Crippen molar-refractivity contribution >= 4 is 27.5 Å². The molecule has 1 amide bonds. The average Bonchev–Trinajstić information content (AvgIpc) is 2.79. The molecule has 1 aromatic heterocycles. The topological polar surface area (TPSA) is 72.9 Å². The predicted octanol–water partition coefficient (Wildman–Crippen LogP) is 2.44. The maximum Gasteiger partial charge on any atom is 0.239 e. The molecule has 0 saturated heterocycles. The molecule has 20 heavy (non-hydrogen) atoms. The standard InChI is InChI=1S/C13H14BrFN4O/c1-8(9-2-3-12(15)11(14)4-9)18-10-5-17-19(6-10)7-13(16)20/h2-6,8,18H,7H2,1H3,(H2,16,20). The third kappa shape index (κ3) is 3.57. The number of nitrogens with zero attached hydrogens (tertiary/aromatic N) is 2.